The lowest BCUT2D eigenvalue weighted by Gasteiger charge is -2.04. The monoisotopic (exact) mass is 172 g/mol. The summed E-state index contributed by atoms with van der Waals surface area (Å²) >= 11 is 5.41. The number of halogens is 1. The Kier molecular flexibility index (Phi) is 3.26. The van der Waals surface area contributed by atoms with E-state index in [1.54, 1.807) is 12.4 Å². The van der Waals surface area contributed by atoms with E-state index in [0.717, 1.165) is 5.56 Å². The van der Waals surface area contributed by atoms with Crippen LogP contribution in [-0.4, -0.2) is 27.1 Å². The van der Waals surface area contributed by atoms with Crippen molar-refractivity contribution in [1.29, 1.82) is 0 Å². The van der Waals surface area contributed by atoms with Crippen LogP contribution in [0.3, 0.4) is 0 Å². The third kappa shape index (κ3) is 2.82. The smallest absolute Gasteiger partial charge is 0.115 e. The summed E-state index contributed by atoms with van der Waals surface area (Å²) in [6.07, 6.45) is 4.81. The van der Waals surface area contributed by atoms with Gasteiger partial charge >= 0.3 is 0 Å². The van der Waals surface area contributed by atoms with Gasteiger partial charge in [-0.3, -0.25) is 0 Å². The number of rotatable bonds is 3. The van der Waals surface area contributed by atoms with Crippen molar-refractivity contribution < 1.29 is 5.11 Å². The summed E-state index contributed by atoms with van der Waals surface area (Å²) in [5, 5.41) is 9.12. The van der Waals surface area contributed by atoms with Crippen LogP contribution in [0.25, 0.3) is 0 Å². The molecule has 0 aliphatic heterocycles. The number of aliphatic hydroxyl groups is 1. The lowest BCUT2D eigenvalue weighted by Crippen LogP contribution is -2.11. The molecular weight excluding hydrogens is 164 g/mol. The number of aliphatic hydroxyl groups excluding tert-OH is 1. The van der Waals surface area contributed by atoms with Crippen LogP contribution in [0.2, 0.25) is 0 Å². The molecule has 1 unspecified atom stereocenters. The minimum absolute atomic E-state index is 0.245. The maximum absolute atomic E-state index is 9.12. The van der Waals surface area contributed by atoms with Gasteiger partial charge in [-0.25, -0.2) is 9.97 Å². The number of alkyl halides is 1. The predicted molar refractivity (Wildman–Crippen MR) is 42.5 cm³/mol. The molecule has 0 saturated carbocycles. The molecule has 0 aliphatic carbocycles. The van der Waals surface area contributed by atoms with Gasteiger partial charge in [0.25, 0.3) is 0 Å². The SMILES string of the molecule is OC(CCl)Cc1cncnc1. The standard InChI is InChI=1S/C7H9ClN2O/c8-2-7(11)1-6-3-9-5-10-4-6/h3-5,7,11H,1-2H2. The molecule has 60 valence electrons. The molecule has 1 heterocycles. The summed E-state index contributed by atoms with van der Waals surface area (Å²) < 4.78 is 0. The molecule has 1 N–H and O–H groups in total. The Bertz CT molecular complexity index is 205. The Hall–Kier alpha value is -0.670. The summed E-state index contributed by atoms with van der Waals surface area (Å²) in [7, 11) is 0. The van der Waals surface area contributed by atoms with E-state index < -0.39 is 6.10 Å². The summed E-state index contributed by atoms with van der Waals surface area (Å²) in [6, 6.07) is 0. The van der Waals surface area contributed by atoms with Crippen molar-refractivity contribution in [3.63, 3.8) is 0 Å². The molecule has 1 aromatic heterocycles. The molecule has 1 atom stereocenters. The molecule has 4 heteroatoms. The largest absolute Gasteiger partial charge is 0.392 e. The van der Waals surface area contributed by atoms with Gasteiger partial charge in [0.05, 0.1) is 6.10 Å². The highest BCUT2D eigenvalue weighted by molar-refractivity contribution is 6.18. The summed E-state index contributed by atoms with van der Waals surface area (Å²) in [4.78, 5) is 7.61. The van der Waals surface area contributed by atoms with Gasteiger partial charge in [0.15, 0.2) is 0 Å². The van der Waals surface area contributed by atoms with E-state index in [9.17, 15) is 0 Å². The number of nitrogens with zero attached hydrogens (tertiary/aromatic N) is 2. The van der Waals surface area contributed by atoms with E-state index >= 15 is 0 Å². The van der Waals surface area contributed by atoms with Crippen LogP contribution >= 0.6 is 11.6 Å². The van der Waals surface area contributed by atoms with Gasteiger partial charge in [-0.05, 0) is 5.56 Å². The number of aromatic nitrogens is 2. The molecule has 1 rings (SSSR count). The van der Waals surface area contributed by atoms with Crippen molar-refractivity contribution >= 4 is 11.6 Å². The van der Waals surface area contributed by atoms with E-state index in [0.29, 0.717) is 6.42 Å². The third-order valence-corrected chi connectivity index (χ3v) is 1.62. The molecule has 0 radical (unpaired) electrons. The topological polar surface area (TPSA) is 46.0 Å². The molecule has 0 saturated heterocycles. The van der Waals surface area contributed by atoms with E-state index in [4.69, 9.17) is 16.7 Å². The molecule has 11 heavy (non-hydrogen) atoms. The Morgan fingerprint density at radius 3 is 2.64 bits per heavy atom. The van der Waals surface area contributed by atoms with Crippen LogP contribution in [0.15, 0.2) is 18.7 Å². The predicted octanol–water partition coefficient (Wildman–Crippen LogP) is 0.619. The van der Waals surface area contributed by atoms with E-state index in [2.05, 4.69) is 9.97 Å². The first kappa shape index (κ1) is 8.43. The summed E-state index contributed by atoms with van der Waals surface area (Å²) in [6.45, 7) is 0. The zero-order chi connectivity index (χ0) is 8.10. The van der Waals surface area contributed by atoms with Crippen molar-refractivity contribution in [3.05, 3.63) is 24.3 Å². The fourth-order valence-electron chi connectivity index (χ4n) is 0.762. The van der Waals surface area contributed by atoms with E-state index in [1.165, 1.54) is 6.33 Å². The molecule has 0 aliphatic rings. The first-order chi connectivity index (χ1) is 5.33. The highest BCUT2D eigenvalue weighted by Gasteiger charge is 2.02. The third-order valence-electron chi connectivity index (χ3n) is 1.26. The second kappa shape index (κ2) is 4.26. The van der Waals surface area contributed by atoms with Crippen LogP contribution in [-0.2, 0) is 6.42 Å². The molecule has 1 aromatic rings. The molecule has 3 nitrogen and oxygen atoms in total. The maximum atomic E-state index is 9.12. The first-order valence-electron chi connectivity index (χ1n) is 3.31. The van der Waals surface area contributed by atoms with Gasteiger partial charge in [-0.2, -0.15) is 0 Å². The minimum Gasteiger partial charge on any atom is -0.392 e. The molecule has 0 amide bonds. The highest BCUT2D eigenvalue weighted by Crippen LogP contribution is 2.00. The van der Waals surface area contributed by atoms with Crippen LogP contribution in [0.4, 0.5) is 0 Å². The van der Waals surface area contributed by atoms with Gasteiger partial charge in [0.1, 0.15) is 6.33 Å². The number of hydrogen-bond donors (Lipinski definition) is 1. The Morgan fingerprint density at radius 2 is 2.09 bits per heavy atom. The first-order valence-corrected chi connectivity index (χ1v) is 3.84. The van der Waals surface area contributed by atoms with Crippen molar-refractivity contribution in [2.75, 3.05) is 5.88 Å². The van der Waals surface area contributed by atoms with E-state index in [-0.39, 0.29) is 5.88 Å². The summed E-state index contributed by atoms with van der Waals surface area (Å²) in [5.74, 6) is 0.245. The normalized spacial score (nSPS) is 12.9. The lowest BCUT2D eigenvalue weighted by atomic mass is 10.2. The lowest BCUT2D eigenvalue weighted by molar-refractivity contribution is 0.198. The van der Waals surface area contributed by atoms with Gasteiger partial charge in [-0.15, -0.1) is 11.6 Å². The maximum Gasteiger partial charge on any atom is 0.115 e. The zero-order valence-electron chi connectivity index (χ0n) is 5.94. The van der Waals surface area contributed by atoms with Gasteiger partial charge in [-0.1, -0.05) is 0 Å². The Morgan fingerprint density at radius 1 is 1.45 bits per heavy atom. The van der Waals surface area contributed by atoms with Gasteiger partial charge < -0.3 is 5.11 Å². The van der Waals surface area contributed by atoms with Crippen molar-refractivity contribution in [2.24, 2.45) is 0 Å². The highest BCUT2D eigenvalue weighted by atomic mass is 35.5. The zero-order valence-corrected chi connectivity index (χ0v) is 6.70. The fraction of sp³-hybridized carbons (Fsp3) is 0.429. The van der Waals surface area contributed by atoms with Crippen molar-refractivity contribution in [2.45, 2.75) is 12.5 Å². The molecular formula is C7H9ClN2O. The fourth-order valence-corrected chi connectivity index (χ4v) is 0.871. The number of hydrogen-bond acceptors (Lipinski definition) is 3. The molecule has 0 spiro atoms. The van der Waals surface area contributed by atoms with Gasteiger partial charge in [0, 0.05) is 24.7 Å². The Labute approximate surface area is 70.1 Å². The second-order valence-electron chi connectivity index (χ2n) is 2.26. The van der Waals surface area contributed by atoms with Crippen LogP contribution in [0.5, 0.6) is 0 Å². The molecule has 0 bridgehead atoms. The quantitative estimate of drug-likeness (QED) is 0.680. The van der Waals surface area contributed by atoms with Crippen molar-refractivity contribution in [3.8, 4) is 0 Å². The van der Waals surface area contributed by atoms with Crippen LogP contribution < -0.4 is 0 Å². The average molecular weight is 173 g/mol. The minimum atomic E-state index is -0.498. The summed E-state index contributed by atoms with van der Waals surface area (Å²) in [5.41, 5.74) is 0.903. The molecule has 0 fully saturated rings. The van der Waals surface area contributed by atoms with Gasteiger partial charge in [0.2, 0.25) is 0 Å². The Balaban J connectivity index is 2.51. The second-order valence-corrected chi connectivity index (χ2v) is 2.57. The van der Waals surface area contributed by atoms with Crippen LogP contribution in [0.1, 0.15) is 5.56 Å². The van der Waals surface area contributed by atoms with Crippen LogP contribution in [0, 0.1) is 0 Å². The van der Waals surface area contributed by atoms with E-state index in [1.807, 2.05) is 0 Å². The average Bonchev–Trinajstić information content (AvgIpc) is 2.06. The molecule has 0 aromatic carbocycles. The van der Waals surface area contributed by atoms with Crippen molar-refractivity contribution in [1.82, 2.24) is 9.97 Å².